The molecule has 3 N–H and O–H groups in total. The zero-order valence-corrected chi connectivity index (χ0v) is 10.8. The van der Waals surface area contributed by atoms with Crippen molar-refractivity contribution in [3.8, 4) is 0 Å². The summed E-state index contributed by atoms with van der Waals surface area (Å²) in [6.07, 6.45) is 0. The molecule has 0 heterocycles. The minimum Gasteiger partial charge on any atom is -0.368 e. The number of benzene rings is 1. The van der Waals surface area contributed by atoms with Crippen LogP contribution < -0.4 is 11.1 Å². The second-order valence-corrected chi connectivity index (χ2v) is 4.89. The molecule has 1 rings (SSSR count). The first kappa shape index (κ1) is 14.6. The number of hydrogen-bond donors (Lipinski definition) is 2. The maximum Gasteiger partial charge on any atom is 0.242 e. The van der Waals surface area contributed by atoms with Gasteiger partial charge < -0.3 is 5.73 Å². The quantitative estimate of drug-likeness (QED) is 0.845. The van der Waals surface area contributed by atoms with Gasteiger partial charge in [-0.05, 0) is 25.5 Å². The van der Waals surface area contributed by atoms with Crippen LogP contribution in [0.25, 0.3) is 0 Å². The standard InChI is InChI=1S/C13H18F2N2O/c1-8(2)7-17-13(3,12(16)18)10-5-4-9(14)6-11(10)15/h4-6,8,17H,7H2,1-3H3,(H2,16,18). The van der Waals surface area contributed by atoms with E-state index in [1.807, 2.05) is 13.8 Å². The first-order valence-electron chi connectivity index (χ1n) is 5.78. The molecule has 0 bridgehead atoms. The van der Waals surface area contributed by atoms with E-state index in [-0.39, 0.29) is 11.5 Å². The Labute approximate surface area is 105 Å². The molecule has 1 atom stereocenters. The fourth-order valence-corrected chi connectivity index (χ4v) is 1.62. The highest BCUT2D eigenvalue weighted by Crippen LogP contribution is 2.24. The van der Waals surface area contributed by atoms with E-state index in [2.05, 4.69) is 5.32 Å². The number of hydrogen-bond acceptors (Lipinski definition) is 2. The van der Waals surface area contributed by atoms with Crippen LogP contribution in [0.3, 0.4) is 0 Å². The molecule has 100 valence electrons. The molecule has 0 saturated heterocycles. The summed E-state index contributed by atoms with van der Waals surface area (Å²) in [5.41, 5.74) is 4.04. The number of amides is 1. The summed E-state index contributed by atoms with van der Waals surface area (Å²) in [6, 6.07) is 3.09. The van der Waals surface area contributed by atoms with E-state index in [0.29, 0.717) is 6.54 Å². The van der Waals surface area contributed by atoms with Crippen LogP contribution in [0.15, 0.2) is 18.2 Å². The zero-order chi connectivity index (χ0) is 13.9. The third-order valence-electron chi connectivity index (χ3n) is 2.83. The van der Waals surface area contributed by atoms with Gasteiger partial charge in [-0.15, -0.1) is 0 Å². The van der Waals surface area contributed by atoms with Crippen LogP contribution in [0.1, 0.15) is 26.3 Å². The molecule has 0 aromatic heterocycles. The van der Waals surface area contributed by atoms with E-state index in [1.54, 1.807) is 0 Å². The maximum atomic E-state index is 13.7. The van der Waals surface area contributed by atoms with Crippen molar-refractivity contribution in [3.63, 3.8) is 0 Å². The second kappa shape index (κ2) is 5.44. The van der Waals surface area contributed by atoms with E-state index in [0.717, 1.165) is 12.1 Å². The van der Waals surface area contributed by atoms with E-state index in [9.17, 15) is 13.6 Å². The normalized spacial score (nSPS) is 14.6. The van der Waals surface area contributed by atoms with Crippen molar-refractivity contribution < 1.29 is 13.6 Å². The number of primary amides is 1. The van der Waals surface area contributed by atoms with E-state index in [1.165, 1.54) is 13.0 Å². The molecule has 1 amide bonds. The number of halogens is 2. The average molecular weight is 256 g/mol. The lowest BCUT2D eigenvalue weighted by Crippen LogP contribution is -2.52. The Morgan fingerprint density at radius 2 is 2.06 bits per heavy atom. The van der Waals surface area contributed by atoms with Gasteiger partial charge in [-0.2, -0.15) is 0 Å². The van der Waals surface area contributed by atoms with Crippen molar-refractivity contribution in [2.24, 2.45) is 11.7 Å². The van der Waals surface area contributed by atoms with Gasteiger partial charge in [0.2, 0.25) is 5.91 Å². The molecule has 0 spiro atoms. The molecule has 0 saturated carbocycles. The van der Waals surface area contributed by atoms with Gasteiger partial charge in [0, 0.05) is 11.6 Å². The van der Waals surface area contributed by atoms with Gasteiger partial charge in [-0.3, -0.25) is 10.1 Å². The van der Waals surface area contributed by atoms with Gasteiger partial charge >= 0.3 is 0 Å². The zero-order valence-electron chi connectivity index (χ0n) is 10.8. The topological polar surface area (TPSA) is 55.1 Å². The molecule has 0 radical (unpaired) electrons. The van der Waals surface area contributed by atoms with E-state index < -0.39 is 23.1 Å². The van der Waals surface area contributed by atoms with E-state index in [4.69, 9.17) is 5.73 Å². The molecule has 5 heteroatoms. The molecule has 18 heavy (non-hydrogen) atoms. The van der Waals surface area contributed by atoms with Gasteiger partial charge in [0.15, 0.2) is 0 Å². The largest absolute Gasteiger partial charge is 0.368 e. The Balaban J connectivity index is 3.14. The van der Waals surface area contributed by atoms with Crippen molar-refractivity contribution >= 4 is 5.91 Å². The van der Waals surface area contributed by atoms with Crippen LogP contribution >= 0.6 is 0 Å². The monoisotopic (exact) mass is 256 g/mol. The summed E-state index contributed by atoms with van der Waals surface area (Å²) >= 11 is 0. The fraction of sp³-hybridized carbons (Fsp3) is 0.462. The predicted molar refractivity (Wildman–Crippen MR) is 65.7 cm³/mol. The van der Waals surface area contributed by atoms with Crippen LogP contribution in [0, 0.1) is 17.6 Å². The summed E-state index contributed by atoms with van der Waals surface area (Å²) in [5.74, 6) is -1.90. The maximum absolute atomic E-state index is 13.7. The first-order valence-corrected chi connectivity index (χ1v) is 5.78. The smallest absolute Gasteiger partial charge is 0.242 e. The molecule has 1 aromatic rings. The molecule has 0 aliphatic heterocycles. The van der Waals surface area contributed by atoms with Gasteiger partial charge in [0.25, 0.3) is 0 Å². The number of carbonyl (C=O) groups excluding carboxylic acids is 1. The summed E-state index contributed by atoms with van der Waals surface area (Å²) in [4.78, 5) is 11.6. The van der Waals surface area contributed by atoms with Gasteiger partial charge in [-0.25, -0.2) is 8.78 Å². The molecule has 3 nitrogen and oxygen atoms in total. The Bertz CT molecular complexity index is 449. The lowest BCUT2D eigenvalue weighted by atomic mass is 9.90. The molecular weight excluding hydrogens is 238 g/mol. The second-order valence-electron chi connectivity index (χ2n) is 4.89. The van der Waals surface area contributed by atoms with Crippen LogP contribution in [0.4, 0.5) is 8.78 Å². The highest BCUT2D eigenvalue weighted by molar-refractivity contribution is 5.85. The highest BCUT2D eigenvalue weighted by atomic mass is 19.1. The summed E-state index contributed by atoms with van der Waals surface area (Å²) in [6.45, 7) is 5.90. The Morgan fingerprint density at radius 3 is 2.50 bits per heavy atom. The molecule has 0 aliphatic carbocycles. The number of nitrogens with two attached hydrogens (primary N) is 1. The third-order valence-corrected chi connectivity index (χ3v) is 2.83. The Kier molecular flexibility index (Phi) is 4.40. The summed E-state index contributed by atoms with van der Waals surface area (Å²) < 4.78 is 26.6. The Hall–Kier alpha value is -1.49. The van der Waals surface area contributed by atoms with Crippen molar-refractivity contribution in [1.82, 2.24) is 5.32 Å². The van der Waals surface area contributed by atoms with Crippen molar-refractivity contribution in [1.29, 1.82) is 0 Å². The van der Waals surface area contributed by atoms with Crippen LogP contribution in [-0.2, 0) is 10.3 Å². The van der Waals surface area contributed by atoms with Crippen LogP contribution in [0.5, 0.6) is 0 Å². The highest BCUT2D eigenvalue weighted by Gasteiger charge is 2.35. The molecule has 0 fully saturated rings. The lowest BCUT2D eigenvalue weighted by molar-refractivity contribution is -0.124. The number of carbonyl (C=O) groups is 1. The van der Waals surface area contributed by atoms with Gasteiger partial charge in [0.05, 0.1) is 0 Å². The van der Waals surface area contributed by atoms with Gasteiger partial charge in [-0.1, -0.05) is 19.9 Å². The molecule has 1 unspecified atom stereocenters. The number of nitrogens with one attached hydrogen (secondary N) is 1. The molecule has 1 aromatic carbocycles. The SMILES string of the molecule is CC(C)CNC(C)(C(N)=O)c1ccc(F)cc1F. The summed E-state index contributed by atoms with van der Waals surface area (Å²) in [5, 5.41) is 2.93. The fourth-order valence-electron chi connectivity index (χ4n) is 1.62. The van der Waals surface area contributed by atoms with Crippen LogP contribution in [0.2, 0.25) is 0 Å². The predicted octanol–water partition coefficient (Wildman–Crippen LogP) is 1.91. The lowest BCUT2D eigenvalue weighted by Gasteiger charge is -2.29. The third kappa shape index (κ3) is 3.04. The minimum atomic E-state index is -1.35. The van der Waals surface area contributed by atoms with Crippen molar-refractivity contribution in [2.75, 3.05) is 6.54 Å². The van der Waals surface area contributed by atoms with Crippen molar-refractivity contribution in [2.45, 2.75) is 26.3 Å². The molecular formula is C13H18F2N2O. The van der Waals surface area contributed by atoms with Gasteiger partial charge in [0.1, 0.15) is 17.2 Å². The molecule has 0 aliphatic rings. The summed E-state index contributed by atoms with van der Waals surface area (Å²) in [7, 11) is 0. The average Bonchev–Trinajstić information content (AvgIpc) is 2.25. The van der Waals surface area contributed by atoms with Crippen molar-refractivity contribution in [3.05, 3.63) is 35.4 Å². The first-order chi connectivity index (χ1) is 8.27. The number of rotatable bonds is 5. The minimum absolute atomic E-state index is 0.0528. The van der Waals surface area contributed by atoms with E-state index >= 15 is 0 Å². The van der Waals surface area contributed by atoms with Crippen LogP contribution in [-0.4, -0.2) is 12.5 Å². The Morgan fingerprint density at radius 1 is 1.44 bits per heavy atom.